The summed E-state index contributed by atoms with van der Waals surface area (Å²) < 4.78 is 5.47. The van der Waals surface area contributed by atoms with Crippen molar-refractivity contribution in [3.63, 3.8) is 0 Å². The van der Waals surface area contributed by atoms with Gasteiger partial charge in [-0.25, -0.2) is 0 Å². The van der Waals surface area contributed by atoms with E-state index in [1.54, 1.807) is 0 Å². The summed E-state index contributed by atoms with van der Waals surface area (Å²) in [5.41, 5.74) is 5.10. The van der Waals surface area contributed by atoms with E-state index in [0.717, 1.165) is 62.6 Å². The molecule has 2 aromatic heterocycles. The average Bonchev–Trinajstić information content (AvgIpc) is 3.23. The highest BCUT2D eigenvalue weighted by atomic mass is 16.5. The van der Waals surface area contributed by atoms with Gasteiger partial charge in [-0.3, -0.25) is 4.90 Å². The molecule has 3 aliphatic rings. The van der Waals surface area contributed by atoms with E-state index in [2.05, 4.69) is 38.3 Å². The Bertz CT molecular complexity index is 765. The van der Waals surface area contributed by atoms with Crippen molar-refractivity contribution in [2.45, 2.75) is 51.1 Å². The Kier molecular flexibility index (Phi) is 3.33. The van der Waals surface area contributed by atoms with Gasteiger partial charge in [-0.1, -0.05) is 5.16 Å². The number of aromatic nitrogens is 3. The molecule has 0 bridgehead atoms. The summed E-state index contributed by atoms with van der Waals surface area (Å²) in [6.45, 7) is 2.92. The van der Waals surface area contributed by atoms with E-state index in [9.17, 15) is 0 Å². The standard InChI is InChI=1S/C18H23N5O/c1-22(11-16-14-5-3-7-17(14)24-21-16)13-9-23(10-13)18-8-12-4-2-6-15(12)19-20-18/h8,13H,2-7,9-11H2,1H3. The van der Waals surface area contributed by atoms with Crippen LogP contribution in [0.4, 0.5) is 5.82 Å². The van der Waals surface area contributed by atoms with Crippen LogP contribution in [0.15, 0.2) is 10.6 Å². The fraction of sp³-hybridized carbons (Fsp3) is 0.611. The van der Waals surface area contributed by atoms with Gasteiger partial charge in [0.25, 0.3) is 0 Å². The smallest absolute Gasteiger partial charge is 0.151 e. The summed E-state index contributed by atoms with van der Waals surface area (Å²) in [6.07, 6.45) is 6.87. The van der Waals surface area contributed by atoms with E-state index in [-0.39, 0.29) is 0 Å². The minimum atomic E-state index is 0.550. The molecule has 0 aromatic carbocycles. The molecule has 1 fully saturated rings. The molecule has 6 heteroatoms. The Morgan fingerprint density at radius 1 is 1.17 bits per heavy atom. The quantitative estimate of drug-likeness (QED) is 0.854. The zero-order valence-corrected chi connectivity index (χ0v) is 14.2. The highest BCUT2D eigenvalue weighted by molar-refractivity contribution is 5.45. The van der Waals surface area contributed by atoms with E-state index < -0.39 is 0 Å². The molecule has 0 amide bonds. The monoisotopic (exact) mass is 325 g/mol. The number of fused-ring (bicyclic) bond motifs is 2. The number of nitrogens with zero attached hydrogens (tertiary/aromatic N) is 5. The Balaban J connectivity index is 1.21. The van der Waals surface area contributed by atoms with Crippen molar-refractivity contribution in [2.75, 3.05) is 25.0 Å². The molecule has 1 aliphatic heterocycles. The third-order valence-corrected chi connectivity index (χ3v) is 5.80. The summed E-state index contributed by atoms with van der Waals surface area (Å²) >= 11 is 0. The van der Waals surface area contributed by atoms with Gasteiger partial charge in [-0.2, -0.15) is 5.10 Å². The first kappa shape index (κ1) is 14.4. The lowest BCUT2D eigenvalue weighted by atomic mass is 10.1. The predicted octanol–water partition coefficient (Wildman–Crippen LogP) is 1.76. The van der Waals surface area contributed by atoms with Crippen molar-refractivity contribution in [2.24, 2.45) is 0 Å². The van der Waals surface area contributed by atoms with Gasteiger partial charge in [0.15, 0.2) is 5.82 Å². The summed E-state index contributed by atoms with van der Waals surface area (Å²) in [6, 6.07) is 2.80. The SMILES string of the molecule is CN(Cc1noc2c1CCC2)C1CN(c2cc3c(nn2)CCC3)C1. The molecule has 0 unspecified atom stereocenters. The molecule has 2 aliphatic carbocycles. The van der Waals surface area contributed by atoms with Gasteiger partial charge < -0.3 is 9.42 Å². The Morgan fingerprint density at radius 3 is 2.96 bits per heavy atom. The molecule has 1 saturated heterocycles. The number of aryl methyl sites for hydroxylation is 3. The highest BCUT2D eigenvalue weighted by Crippen LogP contribution is 2.29. The Labute approximate surface area is 141 Å². The Hall–Kier alpha value is -1.95. The molecular weight excluding hydrogens is 302 g/mol. The molecule has 126 valence electrons. The van der Waals surface area contributed by atoms with Crippen LogP contribution in [0.3, 0.4) is 0 Å². The summed E-state index contributed by atoms with van der Waals surface area (Å²) in [7, 11) is 2.19. The van der Waals surface area contributed by atoms with Crippen LogP contribution < -0.4 is 4.90 Å². The summed E-state index contributed by atoms with van der Waals surface area (Å²) in [5, 5.41) is 13.1. The molecule has 0 saturated carbocycles. The molecule has 2 aromatic rings. The van der Waals surface area contributed by atoms with Gasteiger partial charge >= 0.3 is 0 Å². The molecule has 0 atom stereocenters. The number of hydrogen-bond donors (Lipinski definition) is 0. The first-order valence-corrected chi connectivity index (χ1v) is 9.05. The molecule has 3 heterocycles. The van der Waals surface area contributed by atoms with Crippen LogP contribution in [0.1, 0.15) is 41.1 Å². The fourth-order valence-electron chi connectivity index (χ4n) is 4.17. The third kappa shape index (κ3) is 2.32. The lowest BCUT2D eigenvalue weighted by Crippen LogP contribution is -2.58. The topological polar surface area (TPSA) is 58.3 Å². The zero-order chi connectivity index (χ0) is 16.1. The first-order chi connectivity index (χ1) is 11.8. The lowest BCUT2D eigenvalue weighted by molar-refractivity contribution is 0.191. The maximum Gasteiger partial charge on any atom is 0.151 e. The second-order valence-corrected chi connectivity index (χ2v) is 7.39. The molecular formula is C18H23N5O. The van der Waals surface area contributed by atoms with Crippen molar-refractivity contribution in [3.8, 4) is 0 Å². The third-order valence-electron chi connectivity index (χ3n) is 5.80. The van der Waals surface area contributed by atoms with E-state index in [1.807, 2.05) is 0 Å². The van der Waals surface area contributed by atoms with Crippen molar-refractivity contribution in [3.05, 3.63) is 34.3 Å². The van der Waals surface area contributed by atoms with E-state index in [1.165, 1.54) is 29.7 Å². The van der Waals surface area contributed by atoms with E-state index in [0.29, 0.717) is 6.04 Å². The zero-order valence-electron chi connectivity index (χ0n) is 14.2. The maximum atomic E-state index is 5.47. The van der Waals surface area contributed by atoms with Crippen LogP contribution in [0.5, 0.6) is 0 Å². The number of rotatable bonds is 4. The summed E-state index contributed by atoms with van der Waals surface area (Å²) in [5.74, 6) is 2.16. The van der Waals surface area contributed by atoms with Crippen molar-refractivity contribution < 1.29 is 4.52 Å². The van der Waals surface area contributed by atoms with Crippen molar-refractivity contribution in [1.29, 1.82) is 0 Å². The molecule has 0 spiro atoms. The summed E-state index contributed by atoms with van der Waals surface area (Å²) in [4.78, 5) is 4.73. The highest BCUT2D eigenvalue weighted by Gasteiger charge is 2.33. The normalized spacial score (nSPS) is 19.7. The van der Waals surface area contributed by atoms with Crippen LogP contribution in [0, 0.1) is 0 Å². The van der Waals surface area contributed by atoms with Gasteiger partial charge in [0, 0.05) is 37.7 Å². The van der Waals surface area contributed by atoms with Gasteiger partial charge in [-0.15, -0.1) is 5.10 Å². The minimum Gasteiger partial charge on any atom is -0.361 e. The first-order valence-electron chi connectivity index (χ1n) is 9.05. The van der Waals surface area contributed by atoms with Gasteiger partial charge in [-0.05, 0) is 50.8 Å². The molecule has 0 radical (unpaired) electrons. The van der Waals surface area contributed by atoms with Gasteiger partial charge in [0.1, 0.15) is 11.5 Å². The number of likely N-dealkylation sites (N-methyl/N-ethyl adjacent to an activating group) is 1. The largest absolute Gasteiger partial charge is 0.361 e. The second kappa shape index (κ2) is 5.55. The number of anilines is 1. The molecule has 0 N–H and O–H groups in total. The van der Waals surface area contributed by atoms with Crippen LogP contribution >= 0.6 is 0 Å². The van der Waals surface area contributed by atoms with E-state index in [4.69, 9.17) is 4.52 Å². The number of hydrogen-bond acceptors (Lipinski definition) is 6. The average molecular weight is 325 g/mol. The van der Waals surface area contributed by atoms with Crippen LogP contribution in [0.25, 0.3) is 0 Å². The Morgan fingerprint density at radius 2 is 2.04 bits per heavy atom. The van der Waals surface area contributed by atoms with Gasteiger partial charge in [0.05, 0.1) is 5.69 Å². The van der Waals surface area contributed by atoms with Gasteiger partial charge in [0.2, 0.25) is 0 Å². The van der Waals surface area contributed by atoms with E-state index >= 15 is 0 Å². The molecule has 6 nitrogen and oxygen atoms in total. The fourth-order valence-corrected chi connectivity index (χ4v) is 4.17. The molecule has 24 heavy (non-hydrogen) atoms. The molecule has 5 rings (SSSR count). The predicted molar refractivity (Wildman–Crippen MR) is 90.1 cm³/mol. The van der Waals surface area contributed by atoms with Crippen LogP contribution in [-0.2, 0) is 32.2 Å². The maximum absolute atomic E-state index is 5.47. The minimum absolute atomic E-state index is 0.550. The van der Waals surface area contributed by atoms with Crippen molar-refractivity contribution in [1.82, 2.24) is 20.3 Å². The van der Waals surface area contributed by atoms with Crippen LogP contribution in [0.2, 0.25) is 0 Å². The second-order valence-electron chi connectivity index (χ2n) is 7.39. The van der Waals surface area contributed by atoms with Crippen molar-refractivity contribution >= 4 is 5.82 Å². The lowest BCUT2D eigenvalue weighted by Gasteiger charge is -2.44. The van der Waals surface area contributed by atoms with Crippen LogP contribution in [-0.4, -0.2) is 46.4 Å².